The Bertz CT molecular complexity index is 606. The van der Waals surface area contributed by atoms with Crippen LogP contribution < -0.4 is 0 Å². The second-order valence-corrected chi connectivity index (χ2v) is 4.57. The van der Waals surface area contributed by atoms with E-state index in [0.29, 0.717) is 5.69 Å². The van der Waals surface area contributed by atoms with E-state index in [0.717, 1.165) is 10.2 Å². The fraction of sp³-hybridized carbons (Fsp3) is 0.250. The first kappa shape index (κ1) is 14.2. The van der Waals surface area contributed by atoms with Crippen LogP contribution in [-0.4, -0.2) is 9.78 Å². The maximum Gasteiger partial charge on any atom is 0.435 e. The number of nitrogens with zero attached hydrogens (tertiary/aromatic N) is 2. The molecule has 102 valence electrons. The van der Waals surface area contributed by atoms with Crippen LogP contribution in [0.3, 0.4) is 0 Å². The highest BCUT2D eigenvalue weighted by Gasteiger charge is 2.39. The molecule has 0 aliphatic heterocycles. The predicted molar refractivity (Wildman–Crippen MR) is 67.9 cm³/mol. The molecule has 0 spiro atoms. The molecular weight excluding hydrogens is 300 g/mol. The standard InChI is InChI=1S/C12H9Cl2F3N2/c1-7-4-2-3-5-9(7)19-11(14)8(6-13)10(18-19)12(15,16)17/h2-5H,6H2,1H3. The molecule has 0 amide bonds. The zero-order chi connectivity index (χ0) is 14.2. The lowest BCUT2D eigenvalue weighted by molar-refractivity contribution is -0.141. The lowest BCUT2D eigenvalue weighted by Gasteiger charge is -2.06. The topological polar surface area (TPSA) is 17.8 Å². The molecule has 1 aromatic carbocycles. The normalized spacial score (nSPS) is 11.9. The Labute approximate surface area is 117 Å². The molecule has 0 unspecified atom stereocenters. The van der Waals surface area contributed by atoms with Crippen LogP contribution >= 0.6 is 23.2 Å². The molecule has 0 fully saturated rings. The van der Waals surface area contributed by atoms with Crippen molar-refractivity contribution in [2.75, 3.05) is 0 Å². The molecule has 1 heterocycles. The van der Waals surface area contributed by atoms with Gasteiger partial charge >= 0.3 is 6.18 Å². The van der Waals surface area contributed by atoms with Gasteiger partial charge in [-0.2, -0.15) is 18.3 Å². The minimum Gasteiger partial charge on any atom is -0.221 e. The maximum atomic E-state index is 12.9. The summed E-state index contributed by atoms with van der Waals surface area (Å²) in [6.07, 6.45) is -4.58. The van der Waals surface area contributed by atoms with Crippen molar-refractivity contribution in [1.29, 1.82) is 0 Å². The molecule has 0 radical (unpaired) electrons. The summed E-state index contributed by atoms with van der Waals surface area (Å²) in [5, 5.41) is 3.44. The highest BCUT2D eigenvalue weighted by atomic mass is 35.5. The average molecular weight is 309 g/mol. The van der Waals surface area contributed by atoms with E-state index in [4.69, 9.17) is 23.2 Å². The maximum absolute atomic E-state index is 12.9. The summed E-state index contributed by atoms with van der Waals surface area (Å²) in [4.78, 5) is 0. The van der Waals surface area contributed by atoms with Gasteiger partial charge in [0.15, 0.2) is 5.69 Å². The van der Waals surface area contributed by atoms with Crippen LogP contribution in [0.1, 0.15) is 16.8 Å². The lowest BCUT2D eigenvalue weighted by atomic mass is 10.2. The predicted octanol–water partition coefficient (Wildman–Crippen LogP) is 4.59. The number of hydrogen-bond acceptors (Lipinski definition) is 1. The van der Waals surface area contributed by atoms with Crippen LogP contribution in [0.25, 0.3) is 5.69 Å². The smallest absolute Gasteiger partial charge is 0.221 e. The number of hydrogen-bond donors (Lipinski definition) is 0. The summed E-state index contributed by atoms with van der Waals surface area (Å²) >= 11 is 11.5. The van der Waals surface area contributed by atoms with Crippen molar-refractivity contribution in [1.82, 2.24) is 9.78 Å². The fourth-order valence-corrected chi connectivity index (χ4v) is 2.34. The number of aryl methyl sites for hydroxylation is 1. The highest BCUT2D eigenvalue weighted by molar-refractivity contribution is 6.31. The summed E-state index contributed by atoms with van der Waals surface area (Å²) in [6.45, 7) is 1.76. The molecule has 0 saturated carbocycles. The second-order valence-electron chi connectivity index (χ2n) is 3.95. The fourth-order valence-electron chi connectivity index (χ4n) is 1.74. The monoisotopic (exact) mass is 308 g/mol. The largest absolute Gasteiger partial charge is 0.435 e. The molecule has 0 N–H and O–H groups in total. The van der Waals surface area contributed by atoms with Crippen LogP contribution in [0.5, 0.6) is 0 Å². The molecule has 1 aromatic heterocycles. The van der Waals surface area contributed by atoms with Crippen molar-refractivity contribution in [3.05, 3.63) is 46.2 Å². The molecule has 0 atom stereocenters. The van der Waals surface area contributed by atoms with Gasteiger partial charge < -0.3 is 0 Å². The number of halogens is 5. The van der Waals surface area contributed by atoms with Gasteiger partial charge in [0, 0.05) is 5.56 Å². The lowest BCUT2D eigenvalue weighted by Crippen LogP contribution is -2.09. The van der Waals surface area contributed by atoms with Crippen LogP contribution in [0.4, 0.5) is 13.2 Å². The molecule has 0 aliphatic rings. The molecular formula is C12H9Cl2F3N2. The van der Waals surface area contributed by atoms with E-state index in [1.54, 1.807) is 31.2 Å². The van der Waals surface area contributed by atoms with E-state index in [1.165, 1.54) is 0 Å². The number of alkyl halides is 4. The van der Waals surface area contributed by atoms with Gasteiger partial charge in [0.05, 0.1) is 11.6 Å². The van der Waals surface area contributed by atoms with Crippen LogP contribution in [0, 0.1) is 6.92 Å². The van der Waals surface area contributed by atoms with Crippen LogP contribution in [0.2, 0.25) is 5.15 Å². The van der Waals surface area contributed by atoms with E-state index in [1.807, 2.05) is 0 Å². The van der Waals surface area contributed by atoms with Gasteiger partial charge in [0.2, 0.25) is 0 Å². The van der Waals surface area contributed by atoms with Gasteiger partial charge in [-0.25, -0.2) is 4.68 Å². The second kappa shape index (κ2) is 5.06. The Morgan fingerprint density at radius 2 is 1.89 bits per heavy atom. The molecule has 0 aliphatic carbocycles. The first-order chi connectivity index (χ1) is 8.86. The Balaban J connectivity index is 2.67. The van der Waals surface area contributed by atoms with Gasteiger partial charge in [0.1, 0.15) is 5.15 Å². The van der Waals surface area contributed by atoms with Crippen molar-refractivity contribution in [2.24, 2.45) is 0 Å². The third-order valence-electron chi connectivity index (χ3n) is 2.67. The Kier molecular flexibility index (Phi) is 3.78. The third-order valence-corrected chi connectivity index (χ3v) is 3.32. The quantitative estimate of drug-likeness (QED) is 0.742. The van der Waals surface area contributed by atoms with E-state index < -0.39 is 11.9 Å². The molecule has 7 heteroatoms. The van der Waals surface area contributed by atoms with E-state index in [9.17, 15) is 13.2 Å². The molecule has 2 aromatic rings. The van der Waals surface area contributed by atoms with Gasteiger partial charge in [-0.15, -0.1) is 11.6 Å². The van der Waals surface area contributed by atoms with Crippen molar-refractivity contribution >= 4 is 23.2 Å². The Morgan fingerprint density at radius 3 is 2.37 bits per heavy atom. The van der Waals surface area contributed by atoms with Crippen molar-refractivity contribution in [3.8, 4) is 5.69 Å². The number of para-hydroxylation sites is 1. The molecule has 2 rings (SSSR count). The Hall–Kier alpha value is -1.20. The van der Waals surface area contributed by atoms with E-state index in [2.05, 4.69) is 5.10 Å². The van der Waals surface area contributed by atoms with Crippen molar-refractivity contribution in [3.63, 3.8) is 0 Å². The van der Waals surface area contributed by atoms with Crippen molar-refractivity contribution < 1.29 is 13.2 Å². The third kappa shape index (κ3) is 2.58. The number of rotatable bonds is 2. The summed E-state index contributed by atoms with van der Waals surface area (Å²) in [6, 6.07) is 6.89. The SMILES string of the molecule is Cc1ccccc1-n1nc(C(F)(F)F)c(CCl)c1Cl. The van der Waals surface area contributed by atoms with Gasteiger partial charge in [-0.05, 0) is 18.6 Å². The Morgan fingerprint density at radius 1 is 1.26 bits per heavy atom. The van der Waals surface area contributed by atoms with E-state index in [-0.39, 0.29) is 16.6 Å². The summed E-state index contributed by atoms with van der Waals surface area (Å²) in [5.74, 6) is -0.348. The van der Waals surface area contributed by atoms with Gasteiger partial charge in [-0.3, -0.25) is 0 Å². The molecule has 0 saturated heterocycles. The summed E-state index contributed by atoms with van der Waals surface area (Å²) in [5.41, 5.74) is 0.00551. The number of benzene rings is 1. The zero-order valence-corrected chi connectivity index (χ0v) is 11.3. The van der Waals surface area contributed by atoms with Gasteiger partial charge in [0.25, 0.3) is 0 Å². The molecule has 2 nitrogen and oxygen atoms in total. The summed E-state index contributed by atoms with van der Waals surface area (Å²) < 4.78 is 39.6. The first-order valence-electron chi connectivity index (χ1n) is 5.32. The minimum absolute atomic E-state index is 0.114. The van der Waals surface area contributed by atoms with Crippen LogP contribution in [-0.2, 0) is 12.1 Å². The first-order valence-corrected chi connectivity index (χ1v) is 6.24. The summed E-state index contributed by atoms with van der Waals surface area (Å²) in [7, 11) is 0. The zero-order valence-electron chi connectivity index (χ0n) is 9.80. The molecule has 19 heavy (non-hydrogen) atoms. The van der Waals surface area contributed by atoms with Gasteiger partial charge in [-0.1, -0.05) is 29.8 Å². The van der Waals surface area contributed by atoms with Crippen LogP contribution in [0.15, 0.2) is 24.3 Å². The highest BCUT2D eigenvalue weighted by Crippen LogP contribution is 2.36. The number of aromatic nitrogens is 2. The van der Waals surface area contributed by atoms with E-state index >= 15 is 0 Å². The minimum atomic E-state index is -4.58. The molecule has 0 bridgehead atoms. The van der Waals surface area contributed by atoms with Crippen molar-refractivity contribution in [2.45, 2.75) is 19.0 Å². The average Bonchev–Trinajstić information content (AvgIpc) is 2.67.